The number of pyridine rings is 3. The van der Waals surface area contributed by atoms with Gasteiger partial charge >= 0.3 is 0 Å². The lowest BCUT2D eigenvalue weighted by atomic mass is 9.96. The van der Waals surface area contributed by atoms with Gasteiger partial charge in [0.25, 0.3) is 0 Å². The highest BCUT2D eigenvalue weighted by atomic mass is 16.5. The molecule has 0 N–H and O–H groups in total. The molecule has 0 unspecified atom stereocenters. The monoisotopic (exact) mass is 603 g/mol. The van der Waals surface area contributed by atoms with Crippen LogP contribution in [0.3, 0.4) is 0 Å². The third-order valence-electron chi connectivity index (χ3n) is 8.24. The number of nitrogens with zero attached hydrogens (tertiary/aromatic N) is 3. The minimum Gasteiger partial charge on any atom is -0.457 e. The Balaban J connectivity index is 1.17. The van der Waals surface area contributed by atoms with E-state index in [1.807, 2.05) is 85.3 Å². The van der Waals surface area contributed by atoms with Crippen LogP contribution in [0.2, 0.25) is 0 Å². The molecular formula is C43H29N3O. The van der Waals surface area contributed by atoms with Crippen molar-refractivity contribution in [3.63, 3.8) is 0 Å². The molecule has 5 aromatic carbocycles. The van der Waals surface area contributed by atoms with Crippen LogP contribution >= 0.6 is 0 Å². The molecule has 4 heteroatoms. The number of hydrogen-bond donors (Lipinski definition) is 0. The Morgan fingerprint density at radius 2 is 0.915 bits per heavy atom. The van der Waals surface area contributed by atoms with Crippen molar-refractivity contribution in [2.24, 2.45) is 0 Å². The second-order valence-electron chi connectivity index (χ2n) is 11.3. The first-order valence-corrected chi connectivity index (χ1v) is 15.6. The smallest absolute Gasteiger partial charge is 0.128 e. The number of ether oxygens (including phenoxy) is 1. The lowest BCUT2D eigenvalue weighted by Gasteiger charge is -2.13. The van der Waals surface area contributed by atoms with E-state index in [-0.39, 0.29) is 0 Å². The lowest BCUT2D eigenvalue weighted by Crippen LogP contribution is -1.91. The molecule has 0 aliphatic rings. The summed E-state index contributed by atoms with van der Waals surface area (Å²) in [5, 5.41) is 2.26. The Morgan fingerprint density at radius 3 is 1.68 bits per heavy atom. The molecule has 0 atom stereocenters. The number of fused-ring (bicyclic) bond motifs is 1. The quantitative estimate of drug-likeness (QED) is 0.182. The first-order valence-electron chi connectivity index (χ1n) is 15.6. The van der Waals surface area contributed by atoms with Crippen LogP contribution in [0.4, 0.5) is 0 Å². The fraction of sp³-hybridized carbons (Fsp3) is 0. The molecule has 3 aromatic heterocycles. The Hall–Kier alpha value is -6.39. The zero-order valence-corrected chi connectivity index (χ0v) is 25.5. The Labute approximate surface area is 273 Å². The molecule has 0 amide bonds. The fourth-order valence-corrected chi connectivity index (χ4v) is 5.97. The van der Waals surface area contributed by atoms with E-state index in [1.165, 1.54) is 0 Å². The first kappa shape index (κ1) is 28.1. The largest absolute Gasteiger partial charge is 0.457 e. The van der Waals surface area contributed by atoms with E-state index in [2.05, 4.69) is 101 Å². The minimum absolute atomic E-state index is 0.730. The Kier molecular flexibility index (Phi) is 7.50. The molecule has 8 aromatic rings. The van der Waals surface area contributed by atoms with Crippen LogP contribution in [0.25, 0.3) is 66.8 Å². The van der Waals surface area contributed by atoms with Crippen molar-refractivity contribution in [1.29, 1.82) is 0 Å². The molecular weight excluding hydrogens is 574 g/mol. The third kappa shape index (κ3) is 6.00. The van der Waals surface area contributed by atoms with Crippen molar-refractivity contribution in [2.75, 3.05) is 0 Å². The summed E-state index contributed by atoms with van der Waals surface area (Å²) in [4.78, 5) is 13.9. The molecule has 0 radical (unpaired) electrons. The van der Waals surface area contributed by atoms with Crippen molar-refractivity contribution in [2.45, 2.75) is 0 Å². The minimum atomic E-state index is 0.730. The third-order valence-corrected chi connectivity index (χ3v) is 8.24. The van der Waals surface area contributed by atoms with E-state index >= 15 is 0 Å². The van der Waals surface area contributed by atoms with Gasteiger partial charge in [-0.1, -0.05) is 84.9 Å². The van der Waals surface area contributed by atoms with Crippen LogP contribution in [-0.4, -0.2) is 15.0 Å². The van der Waals surface area contributed by atoms with Crippen molar-refractivity contribution in [3.8, 4) is 67.5 Å². The Morgan fingerprint density at radius 1 is 0.340 bits per heavy atom. The number of benzene rings is 5. The van der Waals surface area contributed by atoms with Gasteiger partial charge in [-0.05, 0) is 100 Å². The van der Waals surface area contributed by atoms with Crippen LogP contribution in [0.15, 0.2) is 176 Å². The lowest BCUT2D eigenvalue weighted by molar-refractivity contribution is 0.483. The van der Waals surface area contributed by atoms with Crippen molar-refractivity contribution in [1.82, 2.24) is 15.0 Å². The molecule has 0 saturated heterocycles. The average Bonchev–Trinajstić information content (AvgIpc) is 3.15. The van der Waals surface area contributed by atoms with Gasteiger partial charge in [0.05, 0.1) is 17.1 Å². The maximum Gasteiger partial charge on any atom is 0.128 e. The van der Waals surface area contributed by atoms with Crippen LogP contribution < -0.4 is 4.74 Å². The van der Waals surface area contributed by atoms with E-state index in [1.54, 1.807) is 0 Å². The molecule has 4 nitrogen and oxygen atoms in total. The second-order valence-corrected chi connectivity index (χ2v) is 11.3. The summed E-state index contributed by atoms with van der Waals surface area (Å²) in [7, 11) is 0. The fourth-order valence-electron chi connectivity index (χ4n) is 5.97. The summed E-state index contributed by atoms with van der Waals surface area (Å²) < 4.78 is 6.59. The van der Waals surface area contributed by atoms with Gasteiger partial charge in [0.1, 0.15) is 11.5 Å². The SMILES string of the molecule is c1ccc(-c2cccc(-c3cccc(-c4cc(Oc5cccc(-c6nccc7ccccc67)c5)cc(-c5ccccn5)c4)c3)c2)nc1. The van der Waals surface area contributed by atoms with E-state index < -0.39 is 0 Å². The van der Waals surface area contributed by atoms with Crippen molar-refractivity contribution < 1.29 is 4.74 Å². The maximum atomic E-state index is 6.59. The van der Waals surface area contributed by atoms with Crippen LogP contribution in [0.1, 0.15) is 0 Å². The molecule has 0 spiro atoms. The molecule has 3 heterocycles. The Bertz CT molecular complexity index is 2330. The topological polar surface area (TPSA) is 47.9 Å². The first-order chi connectivity index (χ1) is 23.3. The highest BCUT2D eigenvalue weighted by molar-refractivity contribution is 5.94. The summed E-state index contributed by atoms with van der Waals surface area (Å²) >= 11 is 0. The maximum absolute atomic E-state index is 6.59. The summed E-state index contributed by atoms with van der Waals surface area (Å²) in [5.74, 6) is 1.47. The molecule has 8 rings (SSSR count). The molecule has 0 fully saturated rings. The summed E-state index contributed by atoms with van der Waals surface area (Å²) in [5.41, 5.74) is 10.2. The predicted octanol–water partition coefficient (Wildman–Crippen LogP) is 11.2. The van der Waals surface area contributed by atoms with Crippen molar-refractivity contribution >= 4 is 10.8 Å². The zero-order chi connectivity index (χ0) is 31.4. The van der Waals surface area contributed by atoms with Crippen LogP contribution in [0, 0.1) is 0 Å². The highest BCUT2D eigenvalue weighted by Gasteiger charge is 2.12. The molecule has 0 aliphatic heterocycles. The van der Waals surface area contributed by atoms with Gasteiger partial charge in [0.15, 0.2) is 0 Å². The highest BCUT2D eigenvalue weighted by Crippen LogP contribution is 2.36. The molecule has 47 heavy (non-hydrogen) atoms. The predicted molar refractivity (Wildman–Crippen MR) is 191 cm³/mol. The van der Waals surface area contributed by atoms with E-state index in [0.717, 1.165) is 78.3 Å². The number of rotatable bonds is 7. The average molecular weight is 604 g/mol. The van der Waals surface area contributed by atoms with Crippen LogP contribution in [-0.2, 0) is 0 Å². The van der Waals surface area contributed by atoms with Crippen LogP contribution in [0.5, 0.6) is 11.5 Å². The van der Waals surface area contributed by atoms with Gasteiger partial charge in [-0.2, -0.15) is 0 Å². The molecule has 0 saturated carbocycles. The molecule has 0 aliphatic carbocycles. The van der Waals surface area contributed by atoms with Gasteiger partial charge in [-0.15, -0.1) is 0 Å². The van der Waals surface area contributed by atoms with Gasteiger partial charge in [-0.3, -0.25) is 15.0 Å². The van der Waals surface area contributed by atoms with E-state index in [9.17, 15) is 0 Å². The van der Waals surface area contributed by atoms with Gasteiger partial charge in [0, 0.05) is 40.7 Å². The molecule has 222 valence electrons. The second kappa shape index (κ2) is 12.5. The van der Waals surface area contributed by atoms with Gasteiger partial charge in [0.2, 0.25) is 0 Å². The number of aromatic nitrogens is 3. The normalized spacial score (nSPS) is 11.0. The molecule has 0 bridgehead atoms. The van der Waals surface area contributed by atoms with E-state index in [4.69, 9.17) is 9.72 Å². The van der Waals surface area contributed by atoms with Gasteiger partial charge in [-0.25, -0.2) is 0 Å². The summed E-state index contributed by atoms with van der Waals surface area (Å²) in [6, 6.07) is 53.9. The van der Waals surface area contributed by atoms with Gasteiger partial charge < -0.3 is 4.74 Å². The standard InChI is InChI=1S/C43H29N3O/c1-2-17-40-30(10-1)20-23-46-43(40)35-15-9-16-38(27-35)47-39-28-36(26-37(29-39)42-19-4-6-22-45-42)33-13-7-11-31(24-33)32-12-8-14-34(25-32)41-18-3-5-21-44-41/h1-29H. The number of hydrogen-bond acceptors (Lipinski definition) is 4. The summed E-state index contributed by atoms with van der Waals surface area (Å²) in [6.07, 6.45) is 5.50. The van der Waals surface area contributed by atoms with Crippen molar-refractivity contribution in [3.05, 3.63) is 176 Å². The summed E-state index contributed by atoms with van der Waals surface area (Å²) in [6.45, 7) is 0. The zero-order valence-electron chi connectivity index (χ0n) is 25.5. The van der Waals surface area contributed by atoms with E-state index in [0.29, 0.717) is 0 Å².